The van der Waals surface area contributed by atoms with E-state index >= 15 is 0 Å². The van der Waals surface area contributed by atoms with Gasteiger partial charge in [0.2, 0.25) is 0 Å². The average Bonchev–Trinajstić information content (AvgIpc) is 3.11. The molecule has 2 N–H and O–H groups in total. The molecule has 3 saturated carbocycles. The van der Waals surface area contributed by atoms with Crippen LogP contribution in [0.4, 0.5) is 0 Å². The van der Waals surface area contributed by atoms with E-state index in [1.165, 1.54) is 37.7 Å². The van der Waals surface area contributed by atoms with Crippen molar-refractivity contribution in [3.63, 3.8) is 0 Å². The fourth-order valence-corrected chi connectivity index (χ4v) is 8.69. The second-order valence-corrected chi connectivity index (χ2v) is 12.5. The predicted octanol–water partition coefficient (Wildman–Crippen LogP) is 7.24. The van der Waals surface area contributed by atoms with Crippen LogP contribution in [0.2, 0.25) is 0 Å². The van der Waals surface area contributed by atoms with Crippen LogP contribution in [0.5, 0.6) is 0 Å². The topological polar surface area (TPSA) is 52.8 Å². The molecule has 0 heterocycles. The largest absolute Gasteiger partial charge is 0.411 e. The summed E-state index contributed by atoms with van der Waals surface area (Å²) in [5, 5.41) is 24.2. The Morgan fingerprint density at radius 3 is 2.47 bits per heavy atom. The summed E-state index contributed by atoms with van der Waals surface area (Å²) >= 11 is 0. The molecule has 4 aliphatic rings. The fourth-order valence-electron chi connectivity index (χ4n) is 8.69. The second kappa shape index (κ2) is 8.93. The van der Waals surface area contributed by atoms with Crippen LogP contribution in [0.25, 0.3) is 0 Å². The van der Waals surface area contributed by atoms with E-state index in [4.69, 9.17) is 0 Å². The summed E-state index contributed by atoms with van der Waals surface area (Å²) in [5.74, 6) is 4.19. The molecule has 4 aliphatic carbocycles. The highest BCUT2D eigenvalue weighted by atomic mass is 16.4. The SMILES string of the molecule is CC[C@H](C=C[C@@H](C)[C@H]1CC[C@H]2[C@@H]3/C(=N\O)C=C4C[C@@H](O)CC[C@]4(C)[C@H]3CC[C@]12C)C(C)C. The lowest BCUT2D eigenvalue weighted by molar-refractivity contribution is -0.0268. The Morgan fingerprint density at radius 2 is 1.81 bits per heavy atom. The van der Waals surface area contributed by atoms with Gasteiger partial charge >= 0.3 is 0 Å². The van der Waals surface area contributed by atoms with Crippen LogP contribution in [0.1, 0.15) is 92.9 Å². The number of aliphatic hydroxyl groups excluding tert-OH is 1. The Balaban J connectivity index is 1.61. The molecule has 180 valence electrons. The maximum atomic E-state index is 10.3. The van der Waals surface area contributed by atoms with Gasteiger partial charge < -0.3 is 10.3 Å². The minimum atomic E-state index is -0.235. The molecule has 3 fully saturated rings. The van der Waals surface area contributed by atoms with Crippen LogP contribution >= 0.6 is 0 Å². The Labute approximate surface area is 196 Å². The summed E-state index contributed by atoms with van der Waals surface area (Å²) in [4.78, 5) is 0. The van der Waals surface area contributed by atoms with Gasteiger partial charge in [0.05, 0.1) is 11.8 Å². The first kappa shape index (κ1) is 24.0. The number of nitrogens with zero attached hydrogens (tertiary/aromatic N) is 1. The zero-order chi connectivity index (χ0) is 23.3. The number of allylic oxidation sites excluding steroid dienone is 3. The van der Waals surface area contributed by atoms with Gasteiger partial charge in [0, 0.05) is 5.92 Å². The van der Waals surface area contributed by atoms with E-state index in [0.29, 0.717) is 46.8 Å². The molecule has 0 aromatic heterocycles. The number of aliphatic hydroxyl groups is 1. The highest BCUT2D eigenvalue weighted by Crippen LogP contribution is 2.66. The molecule has 0 aliphatic heterocycles. The van der Waals surface area contributed by atoms with Gasteiger partial charge in [-0.1, -0.05) is 64.4 Å². The molecule has 0 aromatic rings. The minimum Gasteiger partial charge on any atom is -0.411 e. The first-order chi connectivity index (χ1) is 15.2. The molecule has 0 radical (unpaired) electrons. The Morgan fingerprint density at radius 1 is 1.06 bits per heavy atom. The third kappa shape index (κ3) is 3.81. The van der Waals surface area contributed by atoms with Crippen molar-refractivity contribution in [2.75, 3.05) is 0 Å². The van der Waals surface area contributed by atoms with Crippen molar-refractivity contribution in [1.29, 1.82) is 0 Å². The lowest BCUT2D eigenvalue weighted by atomic mass is 9.46. The van der Waals surface area contributed by atoms with Crippen LogP contribution in [0, 0.1) is 52.3 Å². The second-order valence-electron chi connectivity index (χ2n) is 12.5. The quantitative estimate of drug-likeness (QED) is 0.268. The molecule has 0 saturated heterocycles. The van der Waals surface area contributed by atoms with E-state index in [9.17, 15) is 10.3 Å². The van der Waals surface area contributed by atoms with Crippen molar-refractivity contribution in [3.05, 3.63) is 23.8 Å². The Kier molecular flexibility index (Phi) is 6.71. The van der Waals surface area contributed by atoms with E-state index in [1.54, 1.807) is 0 Å². The molecule has 0 amide bonds. The van der Waals surface area contributed by atoms with Crippen molar-refractivity contribution < 1.29 is 10.3 Å². The van der Waals surface area contributed by atoms with Crippen LogP contribution < -0.4 is 0 Å². The number of hydrogen-bond acceptors (Lipinski definition) is 3. The Bertz CT molecular complexity index is 782. The first-order valence-corrected chi connectivity index (χ1v) is 13.4. The molecule has 0 spiro atoms. The Hall–Kier alpha value is -1.09. The molecule has 3 nitrogen and oxygen atoms in total. The molecule has 9 atom stereocenters. The molecule has 3 heteroatoms. The van der Waals surface area contributed by atoms with E-state index in [1.807, 2.05) is 0 Å². The van der Waals surface area contributed by atoms with Crippen molar-refractivity contribution in [3.8, 4) is 0 Å². The summed E-state index contributed by atoms with van der Waals surface area (Å²) < 4.78 is 0. The predicted molar refractivity (Wildman–Crippen MR) is 133 cm³/mol. The van der Waals surface area contributed by atoms with E-state index in [2.05, 4.69) is 64.9 Å². The normalized spacial score (nSPS) is 44.8. The zero-order valence-electron chi connectivity index (χ0n) is 21.3. The monoisotopic (exact) mass is 441 g/mol. The van der Waals surface area contributed by atoms with Crippen LogP contribution in [0.3, 0.4) is 0 Å². The third-order valence-corrected chi connectivity index (χ3v) is 10.8. The lowest BCUT2D eigenvalue weighted by Crippen LogP contribution is -2.53. The summed E-state index contributed by atoms with van der Waals surface area (Å²) in [7, 11) is 0. The fraction of sp³-hybridized carbons (Fsp3) is 0.828. The van der Waals surface area contributed by atoms with Crippen molar-refractivity contribution >= 4 is 5.71 Å². The lowest BCUT2D eigenvalue weighted by Gasteiger charge is -2.58. The van der Waals surface area contributed by atoms with E-state index in [0.717, 1.165) is 25.0 Å². The van der Waals surface area contributed by atoms with Crippen molar-refractivity contribution in [2.45, 2.75) is 99.0 Å². The van der Waals surface area contributed by atoms with Gasteiger partial charge in [-0.25, -0.2) is 0 Å². The van der Waals surface area contributed by atoms with Crippen LogP contribution in [-0.4, -0.2) is 22.1 Å². The van der Waals surface area contributed by atoms with Gasteiger partial charge in [-0.15, -0.1) is 0 Å². The van der Waals surface area contributed by atoms with Crippen molar-refractivity contribution in [1.82, 2.24) is 0 Å². The van der Waals surface area contributed by atoms with Gasteiger partial charge in [0.25, 0.3) is 0 Å². The number of hydrogen-bond donors (Lipinski definition) is 2. The summed E-state index contributed by atoms with van der Waals surface area (Å²) in [6, 6.07) is 0. The first-order valence-electron chi connectivity index (χ1n) is 13.4. The average molecular weight is 442 g/mol. The highest BCUT2D eigenvalue weighted by Gasteiger charge is 2.60. The van der Waals surface area contributed by atoms with Gasteiger partial charge in [-0.3, -0.25) is 0 Å². The zero-order valence-corrected chi connectivity index (χ0v) is 21.3. The summed E-state index contributed by atoms with van der Waals surface area (Å²) in [6.07, 6.45) is 16.0. The summed E-state index contributed by atoms with van der Waals surface area (Å²) in [5.41, 5.74) is 2.71. The maximum Gasteiger partial charge on any atom is 0.0832 e. The number of oxime groups is 1. The van der Waals surface area contributed by atoms with Crippen LogP contribution in [-0.2, 0) is 0 Å². The van der Waals surface area contributed by atoms with Crippen molar-refractivity contribution in [2.24, 2.45) is 57.4 Å². The van der Waals surface area contributed by atoms with Gasteiger partial charge in [-0.05, 0) is 104 Å². The molecule has 0 unspecified atom stereocenters. The minimum absolute atomic E-state index is 0.161. The molecule has 4 rings (SSSR count). The van der Waals surface area contributed by atoms with Gasteiger partial charge in [0.1, 0.15) is 0 Å². The smallest absolute Gasteiger partial charge is 0.0832 e. The molecule has 0 aromatic carbocycles. The van der Waals surface area contributed by atoms with E-state index < -0.39 is 0 Å². The summed E-state index contributed by atoms with van der Waals surface area (Å²) in [6.45, 7) is 14.4. The van der Waals surface area contributed by atoms with Gasteiger partial charge in [0.15, 0.2) is 0 Å². The molecule has 0 bridgehead atoms. The molecular formula is C29H47NO2. The van der Waals surface area contributed by atoms with Gasteiger partial charge in [-0.2, -0.15) is 0 Å². The molecular weight excluding hydrogens is 394 g/mol. The standard InChI is InChI=1S/C29H47NO2/c1-7-20(18(2)3)9-8-19(4)23-10-11-24-27-25(13-15-29(23,24)6)28(5)14-12-22(31)16-21(28)17-26(27)30-32/h8-9,17-20,22-25,27,31-32H,7,10-16H2,1-6H3/b9-8?,30-26-/t19-,20-,22+,23-,24+,25+,27+,28+,29-/m1/s1. The van der Waals surface area contributed by atoms with Crippen LogP contribution in [0.15, 0.2) is 29.0 Å². The molecule has 32 heavy (non-hydrogen) atoms. The van der Waals surface area contributed by atoms with E-state index in [-0.39, 0.29) is 11.5 Å². The number of rotatable bonds is 5. The third-order valence-electron chi connectivity index (χ3n) is 10.8. The number of fused-ring (bicyclic) bond motifs is 5. The highest BCUT2D eigenvalue weighted by molar-refractivity contribution is 5.99. The maximum absolute atomic E-state index is 10.3.